The monoisotopic (exact) mass is 583 g/mol. The Bertz CT molecular complexity index is 1410. The molecule has 1 atom stereocenters. The second-order valence-electron chi connectivity index (χ2n) is 10.1. The molecule has 2 amide bonds. The molecule has 1 N–H and O–H groups in total. The summed E-state index contributed by atoms with van der Waals surface area (Å²) in [6.07, 6.45) is 3.08. The molecule has 0 fully saturated rings. The summed E-state index contributed by atoms with van der Waals surface area (Å²) < 4.78 is 27.0. The molecule has 3 rings (SSSR count). The van der Waals surface area contributed by atoms with Gasteiger partial charge in [-0.3, -0.25) is 13.9 Å². The summed E-state index contributed by atoms with van der Waals surface area (Å²) >= 11 is 6.11. The van der Waals surface area contributed by atoms with Crippen LogP contribution in [0.15, 0.2) is 72.8 Å². The standard InChI is InChI=1S/C31H38ClN3O4S/c1-5-6-17-33-31(37)29(20-25-12-8-7-9-13-25)34(21-26-14-10-11-23(2)18-26)30(36)22-35(40(4,38)39)28-16-15-27(32)19-24(28)3/h7-16,18-19,29H,5-6,17,20-22H2,1-4H3,(H,33,37)/t29-/m0/s1. The van der Waals surface area contributed by atoms with E-state index >= 15 is 0 Å². The van der Waals surface area contributed by atoms with Gasteiger partial charge in [0.05, 0.1) is 11.9 Å². The van der Waals surface area contributed by atoms with Gasteiger partial charge >= 0.3 is 0 Å². The molecule has 0 spiro atoms. The van der Waals surface area contributed by atoms with Gasteiger partial charge in [0.15, 0.2) is 0 Å². The maximum absolute atomic E-state index is 14.1. The number of nitrogens with one attached hydrogen (secondary N) is 1. The Labute approximate surface area is 243 Å². The number of carbonyl (C=O) groups is 2. The molecule has 3 aromatic rings. The average molecular weight is 584 g/mol. The van der Waals surface area contributed by atoms with Gasteiger partial charge in [0, 0.05) is 24.5 Å². The number of hydrogen-bond donors (Lipinski definition) is 1. The number of unbranched alkanes of at least 4 members (excludes halogenated alkanes) is 1. The van der Waals surface area contributed by atoms with E-state index in [1.807, 2.05) is 68.4 Å². The highest BCUT2D eigenvalue weighted by Crippen LogP contribution is 2.26. The van der Waals surface area contributed by atoms with Crippen LogP contribution >= 0.6 is 11.6 Å². The van der Waals surface area contributed by atoms with Gasteiger partial charge in [-0.1, -0.05) is 85.1 Å². The molecule has 3 aromatic carbocycles. The molecule has 0 radical (unpaired) electrons. The first kappa shape index (κ1) is 31.2. The first-order valence-electron chi connectivity index (χ1n) is 13.4. The Hall–Kier alpha value is -3.36. The van der Waals surface area contributed by atoms with Crippen molar-refractivity contribution in [3.05, 3.63) is 100 Å². The number of amides is 2. The van der Waals surface area contributed by atoms with E-state index in [4.69, 9.17) is 11.6 Å². The van der Waals surface area contributed by atoms with Crippen molar-refractivity contribution in [1.29, 1.82) is 0 Å². The molecule has 0 aliphatic carbocycles. The van der Waals surface area contributed by atoms with E-state index in [0.717, 1.165) is 40.1 Å². The van der Waals surface area contributed by atoms with Crippen molar-refractivity contribution >= 4 is 39.1 Å². The maximum Gasteiger partial charge on any atom is 0.244 e. The van der Waals surface area contributed by atoms with Gasteiger partial charge in [0.1, 0.15) is 12.6 Å². The van der Waals surface area contributed by atoms with E-state index in [1.165, 1.54) is 4.90 Å². The fourth-order valence-corrected chi connectivity index (χ4v) is 5.69. The SMILES string of the molecule is CCCCNC(=O)[C@H](Cc1ccccc1)N(Cc1cccc(C)c1)C(=O)CN(c1ccc(Cl)cc1C)S(C)(=O)=O. The molecule has 0 saturated heterocycles. The first-order chi connectivity index (χ1) is 19.0. The highest BCUT2D eigenvalue weighted by Gasteiger charge is 2.33. The van der Waals surface area contributed by atoms with Crippen LogP contribution in [0.5, 0.6) is 0 Å². The zero-order valence-corrected chi connectivity index (χ0v) is 25.1. The summed E-state index contributed by atoms with van der Waals surface area (Å²) in [6, 6.07) is 21.2. The fourth-order valence-electron chi connectivity index (χ4n) is 4.56. The molecule has 0 aromatic heterocycles. The number of sulfonamides is 1. The number of rotatable bonds is 13. The lowest BCUT2D eigenvalue weighted by Crippen LogP contribution is -2.53. The van der Waals surface area contributed by atoms with E-state index < -0.39 is 28.5 Å². The molecular weight excluding hydrogens is 546 g/mol. The van der Waals surface area contributed by atoms with Crippen LogP contribution in [0.4, 0.5) is 5.69 Å². The molecule has 0 heterocycles. The minimum absolute atomic E-state index is 0.149. The van der Waals surface area contributed by atoms with E-state index in [1.54, 1.807) is 25.1 Å². The third-order valence-electron chi connectivity index (χ3n) is 6.64. The summed E-state index contributed by atoms with van der Waals surface area (Å²) in [6.45, 7) is 5.93. The summed E-state index contributed by atoms with van der Waals surface area (Å²) in [5, 5.41) is 3.45. The number of carbonyl (C=O) groups excluding carboxylic acids is 2. The lowest BCUT2D eigenvalue weighted by atomic mass is 10.0. The molecule has 7 nitrogen and oxygen atoms in total. The molecule has 9 heteroatoms. The van der Waals surface area contributed by atoms with E-state index in [-0.39, 0.29) is 18.9 Å². The van der Waals surface area contributed by atoms with Crippen molar-refractivity contribution < 1.29 is 18.0 Å². The second kappa shape index (κ2) is 14.3. The summed E-state index contributed by atoms with van der Waals surface area (Å²) in [5.74, 6) is -0.750. The zero-order valence-electron chi connectivity index (χ0n) is 23.6. The molecule has 0 aliphatic heterocycles. The highest BCUT2D eigenvalue weighted by molar-refractivity contribution is 7.92. The van der Waals surface area contributed by atoms with Crippen molar-refractivity contribution in [3.8, 4) is 0 Å². The zero-order chi connectivity index (χ0) is 29.3. The van der Waals surface area contributed by atoms with Crippen LogP contribution in [0.25, 0.3) is 0 Å². The normalized spacial score (nSPS) is 12.0. The van der Waals surface area contributed by atoms with Gasteiger partial charge in [0.25, 0.3) is 0 Å². The second-order valence-corrected chi connectivity index (χ2v) is 12.4. The lowest BCUT2D eigenvalue weighted by molar-refractivity contribution is -0.140. The topological polar surface area (TPSA) is 86.8 Å². The fraction of sp³-hybridized carbons (Fsp3) is 0.355. The molecule has 40 heavy (non-hydrogen) atoms. The summed E-state index contributed by atoms with van der Waals surface area (Å²) in [7, 11) is -3.84. The third-order valence-corrected chi connectivity index (χ3v) is 8.00. The Balaban J connectivity index is 2.05. The van der Waals surface area contributed by atoms with Gasteiger partial charge < -0.3 is 10.2 Å². The van der Waals surface area contributed by atoms with Crippen molar-refractivity contribution in [3.63, 3.8) is 0 Å². The number of hydrogen-bond acceptors (Lipinski definition) is 4. The summed E-state index contributed by atoms with van der Waals surface area (Å²) in [5.41, 5.74) is 3.75. The van der Waals surface area contributed by atoms with Crippen molar-refractivity contribution in [2.75, 3.05) is 23.7 Å². The molecule has 0 unspecified atom stereocenters. The van der Waals surface area contributed by atoms with Crippen LogP contribution in [0.2, 0.25) is 5.02 Å². The van der Waals surface area contributed by atoms with Crippen LogP contribution in [0.1, 0.15) is 42.0 Å². The van der Waals surface area contributed by atoms with Crippen LogP contribution < -0.4 is 9.62 Å². The molecular formula is C31H38ClN3O4S. The Morgan fingerprint density at radius 1 is 0.950 bits per heavy atom. The molecule has 214 valence electrons. The predicted molar refractivity (Wildman–Crippen MR) is 162 cm³/mol. The molecule has 0 bridgehead atoms. The van der Waals surface area contributed by atoms with Crippen LogP contribution in [-0.2, 0) is 32.6 Å². The first-order valence-corrected chi connectivity index (χ1v) is 15.6. The van der Waals surface area contributed by atoms with Crippen LogP contribution in [0, 0.1) is 13.8 Å². The molecule has 0 aliphatic rings. The smallest absolute Gasteiger partial charge is 0.244 e. The Morgan fingerprint density at radius 3 is 2.27 bits per heavy atom. The van der Waals surface area contributed by atoms with Crippen LogP contribution in [0.3, 0.4) is 0 Å². The maximum atomic E-state index is 14.1. The number of halogens is 1. The van der Waals surface area contributed by atoms with E-state index in [9.17, 15) is 18.0 Å². The predicted octanol–water partition coefficient (Wildman–Crippen LogP) is 5.28. The van der Waals surface area contributed by atoms with Gasteiger partial charge in [-0.25, -0.2) is 8.42 Å². The molecule has 0 saturated carbocycles. The average Bonchev–Trinajstić information content (AvgIpc) is 2.89. The quantitative estimate of drug-likeness (QED) is 0.277. The minimum atomic E-state index is -3.84. The van der Waals surface area contributed by atoms with Crippen LogP contribution in [-0.4, -0.2) is 50.5 Å². The Kier molecular flexibility index (Phi) is 11.2. The van der Waals surface area contributed by atoms with E-state index in [2.05, 4.69) is 5.32 Å². The third kappa shape index (κ3) is 8.83. The van der Waals surface area contributed by atoms with Crippen molar-refractivity contribution in [2.24, 2.45) is 0 Å². The number of aryl methyl sites for hydroxylation is 2. The number of anilines is 1. The van der Waals surface area contributed by atoms with Gasteiger partial charge in [0.2, 0.25) is 21.8 Å². The van der Waals surface area contributed by atoms with Crippen molar-refractivity contribution in [1.82, 2.24) is 10.2 Å². The summed E-state index contributed by atoms with van der Waals surface area (Å²) in [4.78, 5) is 29.2. The number of nitrogens with zero attached hydrogens (tertiary/aromatic N) is 2. The van der Waals surface area contributed by atoms with Gasteiger partial charge in [-0.05, 0) is 55.2 Å². The minimum Gasteiger partial charge on any atom is -0.354 e. The van der Waals surface area contributed by atoms with Gasteiger partial charge in [-0.15, -0.1) is 0 Å². The highest BCUT2D eigenvalue weighted by atomic mass is 35.5. The van der Waals surface area contributed by atoms with Gasteiger partial charge in [-0.2, -0.15) is 0 Å². The largest absolute Gasteiger partial charge is 0.354 e. The Morgan fingerprint density at radius 2 is 1.65 bits per heavy atom. The van der Waals surface area contributed by atoms with Crippen molar-refractivity contribution in [2.45, 2.75) is 52.6 Å². The van der Waals surface area contributed by atoms with E-state index in [0.29, 0.717) is 22.8 Å². The lowest BCUT2D eigenvalue weighted by Gasteiger charge is -2.34. The number of benzene rings is 3.